The van der Waals surface area contributed by atoms with Crippen LogP contribution in [0.25, 0.3) is 22.4 Å². The predicted molar refractivity (Wildman–Crippen MR) is 67.0 cm³/mol. The molecule has 0 fully saturated rings. The van der Waals surface area contributed by atoms with Crippen molar-refractivity contribution in [1.82, 2.24) is 15.0 Å². The number of nitrogens with one attached hydrogen (secondary N) is 1. The van der Waals surface area contributed by atoms with Gasteiger partial charge in [0.2, 0.25) is 0 Å². The molecule has 2 aromatic heterocycles. The normalized spacial score (nSPS) is 10.9. The van der Waals surface area contributed by atoms with Gasteiger partial charge in [-0.15, -0.1) is 0 Å². The van der Waals surface area contributed by atoms with Crippen LogP contribution in [0.3, 0.4) is 0 Å². The van der Waals surface area contributed by atoms with Crippen molar-refractivity contribution in [2.24, 2.45) is 0 Å². The second-order valence-corrected chi connectivity index (χ2v) is 4.52. The van der Waals surface area contributed by atoms with Crippen LogP contribution in [0.4, 0.5) is 4.39 Å². The Morgan fingerprint density at radius 1 is 1.24 bits per heavy atom. The molecule has 0 aliphatic heterocycles. The van der Waals surface area contributed by atoms with Gasteiger partial charge in [0, 0.05) is 10.7 Å². The van der Waals surface area contributed by atoms with Crippen LogP contribution in [0, 0.1) is 5.82 Å². The number of rotatable bonds is 1. The fourth-order valence-electron chi connectivity index (χ4n) is 1.68. The molecule has 3 aromatic rings. The van der Waals surface area contributed by atoms with Gasteiger partial charge in [-0.3, -0.25) is 4.98 Å². The van der Waals surface area contributed by atoms with Crippen LogP contribution in [-0.4, -0.2) is 15.0 Å². The first-order chi connectivity index (χ1) is 8.24. The lowest BCUT2D eigenvalue weighted by Crippen LogP contribution is -1.86. The van der Waals surface area contributed by atoms with E-state index in [1.165, 1.54) is 6.20 Å². The van der Waals surface area contributed by atoms with E-state index in [2.05, 4.69) is 30.9 Å². The summed E-state index contributed by atoms with van der Waals surface area (Å²) in [5, 5.41) is 0. The monoisotopic (exact) mass is 291 g/mol. The summed E-state index contributed by atoms with van der Waals surface area (Å²) in [6, 6.07) is 7.28. The van der Waals surface area contributed by atoms with E-state index in [9.17, 15) is 4.39 Å². The predicted octanol–water partition coefficient (Wildman–Crippen LogP) is 3.53. The zero-order valence-corrected chi connectivity index (χ0v) is 10.2. The van der Waals surface area contributed by atoms with Crippen molar-refractivity contribution in [1.29, 1.82) is 0 Å². The minimum absolute atomic E-state index is 0.384. The van der Waals surface area contributed by atoms with Crippen LogP contribution in [0.2, 0.25) is 0 Å². The van der Waals surface area contributed by atoms with E-state index in [0.717, 1.165) is 15.5 Å². The number of halogens is 2. The number of hydrogen-bond acceptors (Lipinski definition) is 2. The number of hydrogen-bond donors (Lipinski definition) is 1. The van der Waals surface area contributed by atoms with Gasteiger partial charge in [0.15, 0.2) is 5.82 Å². The van der Waals surface area contributed by atoms with Crippen molar-refractivity contribution in [3.8, 4) is 11.4 Å². The van der Waals surface area contributed by atoms with Crippen LogP contribution >= 0.6 is 15.9 Å². The Hall–Kier alpha value is -1.75. The SMILES string of the molecule is Fc1cnccc1-c1nc2ccc(Br)cc2[nH]1. The number of aromatic nitrogens is 3. The number of fused-ring (bicyclic) bond motifs is 1. The topological polar surface area (TPSA) is 41.6 Å². The molecule has 2 heterocycles. The largest absolute Gasteiger partial charge is 0.338 e. The summed E-state index contributed by atoms with van der Waals surface area (Å²) in [7, 11) is 0. The Kier molecular flexibility index (Phi) is 2.40. The van der Waals surface area contributed by atoms with Crippen molar-refractivity contribution < 1.29 is 4.39 Å². The molecule has 3 nitrogen and oxygen atoms in total. The second-order valence-electron chi connectivity index (χ2n) is 3.60. The Bertz CT molecular complexity index is 693. The standard InChI is InChI=1S/C12H7BrFN3/c13-7-1-2-10-11(5-7)17-12(16-10)8-3-4-15-6-9(8)14/h1-6H,(H,16,17). The highest BCUT2D eigenvalue weighted by molar-refractivity contribution is 9.10. The Balaban J connectivity index is 2.22. The third-order valence-electron chi connectivity index (χ3n) is 2.47. The van der Waals surface area contributed by atoms with Gasteiger partial charge in [0.1, 0.15) is 5.82 Å². The Labute approximate surface area is 105 Å². The van der Waals surface area contributed by atoms with E-state index < -0.39 is 0 Å². The minimum Gasteiger partial charge on any atom is -0.338 e. The first-order valence-corrected chi connectivity index (χ1v) is 5.78. The van der Waals surface area contributed by atoms with E-state index in [4.69, 9.17) is 0 Å². The molecule has 0 unspecified atom stereocenters. The van der Waals surface area contributed by atoms with Gasteiger partial charge < -0.3 is 4.98 Å². The Morgan fingerprint density at radius 2 is 2.12 bits per heavy atom. The highest BCUT2D eigenvalue weighted by Crippen LogP contribution is 2.24. The highest BCUT2D eigenvalue weighted by Gasteiger charge is 2.09. The van der Waals surface area contributed by atoms with Gasteiger partial charge in [0.05, 0.1) is 22.8 Å². The quantitative estimate of drug-likeness (QED) is 0.745. The lowest BCUT2D eigenvalue weighted by Gasteiger charge is -1.96. The van der Waals surface area contributed by atoms with Gasteiger partial charge >= 0.3 is 0 Å². The summed E-state index contributed by atoms with van der Waals surface area (Å²) in [6.07, 6.45) is 2.72. The van der Waals surface area contributed by atoms with E-state index in [-0.39, 0.29) is 5.82 Å². The molecule has 0 bridgehead atoms. The molecule has 0 aliphatic rings. The lowest BCUT2D eigenvalue weighted by molar-refractivity contribution is 0.624. The fraction of sp³-hybridized carbons (Fsp3) is 0. The van der Waals surface area contributed by atoms with Gasteiger partial charge in [-0.25, -0.2) is 9.37 Å². The third-order valence-corrected chi connectivity index (χ3v) is 2.96. The summed E-state index contributed by atoms with van der Waals surface area (Å²) in [5.41, 5.74) is 2.09. The minimum atomic E-state index is -0.384. The molecule has 0 saturated heterocycles. The average Bonchev–Trinajstić information content (AvgIpc) is 2.72. The van der Waals surface area contributed by atoms with Gasteiger partial charge in [-0.05, 0) is 24.3 Å². The zero-order valence-electron chi connectivity index (χ0n) is 8.61. The van der Waals surface area contributed by atoms with Crippen molar-refractivity contribution in [2.75, 3.05) is 0 Å². The number of nitrogens with zero attached hydrogens (tertiary/aromatic N) is 2. The molecule has 17 heavy (non-hydrogen) atoms. The lowest BCUT2D eigenvalue weighted by atomic mass is 10.2. The molecule has 1 aromatic carbocycles. The molecule has 0 aliphatic carbocycles. The molecule has 0 atom stereocenters. The van der Waals surface area contributed by atoms with E-state index in [0.29, 0.717) is 11.4 Å². The van der Waals surface area contributed by atoms with E-state index in [1.807, 2.05) is 18.2 Å². The zero-order chi connectivity index (χ0) is 11.8. The number of H-pyrrole nitrogens is 1. The highest BCUT2D eigenvalue weighted by atomic mass is 79.9. The van der Waals surface area contributed by atoms with Crippen molar-refractivity contribution in [3.63, 3.8) is 0 Å². The van der Waals surface area contributed by atoms with Crippen molar-refractivity contribution in [2.45, 2.75) is 0 Å². The molecular weight excluding hydrogens is 285 g/mol. The summed E-state index contributed by atoms with van der Waals surface area (Å²) in [6.45, 7) is 0. The summed E-state index contributed by atoms with van der Waals surface area (Å²) in [5.74, 6) is 0.128. The van der Waals surface area contributed by atoms with Crippen LogP contribution in [0.1, 0.15) is 0 Å². The number of pyridine rings is 1. The molecule has 0 amide bonds. The fourth-order valence-corrected chi connectivity index (χ4v) is 2.04. The van der Waals surface area contributed by atoms with Crippen LogP contribution in [-0.2, 0) is 0 Å². The summed E-state index contributed by atoms with van der Waals surface area (Å²) in [4.78, 5) is 11.1. The maximum absolute atomic E-state index is 13.6. The van der Waals surface area contributed by atoms with Crippen LogP contribution < -0.4 is 0 Å². The maximum Gasteiger partial charge on any atom is 0.152 e. The summed E-state index contributed by atoms with van der Waals surface area (Å²) >= 11 is 3.38. The van der Waals surface area contributed by atoms with E-state index in [1.54, 1.807) is 12.3 Å². The molecule has 3 rings (SSSR count). The number of imidazole rings is 1. The second kappa shape index (κ2) is 3.92. The molecule has 84 valence electrons. The van der Waals surface area contributed by atoms with Crippen LogP contribution in [0.5, 0.6) is 0 Å². The van der Waals surface area contributed by atoms with Crippen molar-refractivity contribution >= 4 is 27.0 Å². The molecule has 0 saturated carbocycles. The molecular formula is C12H7BrFN3. The van der Waals surface area contributed by atoms with E-state index >= 15 is 0 Å². The molecule has 1 N–H and O–H groups in total. The first kappa shape index (κ1) is 10.4. The maximum atomic E-state index is 13.6. The Morgan fingerprint density at radius 3 is 2.94 bits per heavy atom. The van der Waals surface area contributed by atoms with Crippen molar-refractivity contribution in [3.05, 3.63) is 46.9 Å². The smallest absolute Gasteiger partial charge is 0.152 e. The van der Waals surface area contributed by atoms with Crippen LogP contribution in [0.15, 0.2) is 41.1 Å². The average molecular weight is 292 g/mol. The number of benzene rings is 1. The molecule has 5 heteroatoms. The summed E-state index contributed by atoms with van der Waals surface area (Å²) < 4.78 is 14.5. The molecule has 0 spiro atoms. The van der Waals surface area contributed by atoms with Gasteiger partial charge in [0.25, 0.3) is 0 Å². The molecule has 0 radical (unpaired) electrons. The van der Waals surface area contributed by atoms with Gasteiger partial charge in [-0.2, -0.15) is 0 Å². The third kappa shape index (κ3) is 1.82. The number of aromatic amines is 1. The van der Waals surface area contributed by atoms with Gasteiger partial charge in [-0.1, -0.05) is 15.9 Å². The first-order valence-electron chi connectivity index (χ1n) is 4.99.